The molecule has 1 rings (SSSR count). The van der Waals surface area contributed by atoms with Gasteiger partial charge >= 0.3 is 6.03 Å². The van der Waals surface area contributed by atoms with Gasteiger partial charge in [-0.1, -0.05) is 12.1 Å². The lowest BCUT2D eigenvalue weighted by molar-refractivity contribution is 0.137. The molecule has 1 aromatic rings. The van der Waals surface area contributed by atoms with Crippen molar-refractivity contribution in [1.29, 1.82) is 0 Å². The number of carbonyl (C=O) groups is 1. The van der Waals surface area contributed by atoms with Crippen molar-refractivity contribution in [1.82, 2.24) is 10.6 Å². The Hall–Kier alpha value is -1.60. The molecule has 0 heterocycles. The second-order valence-corrected chi connectivity index (χ2v) is 5.82. The molecule has 0 bridgehead atoms. The standard InChI is InChI=1S/C15H20F2N2O2S/c1-3-7-22-8-6-18-15(21)19-10(2)14(20)11-4-5-12(16)13(17)9-11/h3-5,9-10,14,20H,1,6-8H2,2H3,(H2,18,19,21). The van der Waals surface area contributed by atoms with Crippen LogP contribution in [0.1, 0.15) is 18.6 Å². The fourth-order valence-corrected chi connectivity index (χ4v) is 2.30. The fraction of sp³-hybridized carbons (Fsp3) is 0.400. The van der Waals surface area contributed by atoms with Crippen LogP contribution in [0, 0.1) is 11.6 Å². The highest BCUT2D eigenvalue weighted by Gasteiger charge is 2.19. The first-order valence-corrected chi connectivity index (χ1v) is 7.97. The monoisotopic (exact) mass is 330 g/mol. The number of aliphatic hydroxyl groups is 1. The topological polar surface area (TPSA) is 61.4 Å². The van der Waals surface area contributed by atoms with Gasteiger partial charge in [-0.3, -0.25) is 0 Å². The first-order valence-electron chi connectivity index (χ1n) is 6.81. The van der Waals surface area contributed by atoms with Gasteiger partial charge in [-0.15, -0.1) is 6.58 Å². The van der Waals surface area contributed by atoms with E-state index in [0.717, 1.165) is 23.6 Å². The predicted molar refractivity (Wildman–Crippen MR) is 84.8 cm³/mol. The molecule has 0 saturated heterocycles. The molecule has 0 aliphatic carbocycles. The van der Waals surface area contributed by atoms with Crippen molar-refractivity contribution < 1.29 is 18.7 Å². The number of hydrogen-bond donors (Lipinski definition) is 3. The lowest BCUT2D eigenvalue weighted by atomic mass is 10.0. The summed E-state index contributed by atoms with van der Waals surface area (Å²) in [5.41, 5.74) is 0.202. The summed E-state index contributed by atoms with van der Waals surface area (Å²) in [4.78, 5) is 11.6. The van der Waals surface area contributed by atoms with Crippen molar-refractivity contribution in [3.63, 3.8) is 0 Å². The van der Waals surface area contributed by atoms with E-state index in [9.17, 15) is 18.7 Å². The second kappa shape index (κ2) is 9.42. The Morgan fingerprint density at radius 2 is 2.18 bits per heavy atom. The Labute approximate surface area is 133 Å². The Balaban J connectivity index is 2.42. The molecule has 0 saturated carbocycles. The van der Waals surface area contributed by atoms with Gasteiger partial charge in [-0.05, 0) is 24.6 Å². The first-order chi connectivity index (χ1) is 10.5. The molecule has 122 valence electrons. The molecule has 0 aliphatic rings. The van der Waals surface area contributed by atoms with E-state index in [4.69, 9.17) is 0 Å². The minimum absolute atomic E-state index is 0.202. The van der Waals surface area contributed by atoms with Gasteiger partial charge < -0.3 is 15.7 Å². The number of halogens is 2. The van der Waals surface area contributed by atoms with Gasteiger partial charge in [0.05, 0.1) is 12.1 Å². The van der Waals surface area contributed by atoms with Gasteiger partial charge in [-0.25, -0.2) is 13.6 Å². The van der Waals surface area contributed by atoms with E-state index in [1.54, 1.807) is 24.8 Å². The summed E-state index contributed by atoms with van der Waals surface area (Å²) in [6, 6.07) is 2.07. The maximum atomic E-state index is 13.1. The number of urea groups is 1. The quantitative estimate of drug-likeness (QED) is 0.507. The van der Waals surface area contributed by atoms with Crippen molar-refractivity contribution >= 4 is 17.8 Å². The summed E-state index contributed by atoms with van der Waals surface area (Å²) >= 11 is 1.63. The van der Waals surface area contributed by atoms with E-state index in [1.807, 2.05) is 0 Å². The minimum atomic E-state index is -1.13. The van der Waals surface area contributed by atoms with Crippen molar-refractivity contribution in [2.24, 2.45) is 0 Å². The Morgan fingerprint density at radius 1 is 1.45 bits per heavy atom. The van der Waals surface area contributed by atoms with Crippen LogP contribution in [0.5, 0.6) is 0 Å². The summed E-state index contributed by atoms with van der Waals surface area (Å²) in [5.74, 6) is -0.451. The zero-order valence-corrected chi connectivity index (χ0v) is 13.1. The number of hydrogen-bond acceptors (Lipinski definition) is 3. The van der Waals surface area contributed by atoms with Gasteiger partial charge in [0.2, 0.25) is 0 Å². The second-order valence-electron chi connectivity index (χ2n) is 4.67. The number of aliphatic hydroxyl groups excluding tert-OH is 1. The van der Waals surface area contributed by atoms with Crippen molar-refractivity contribution in [3.05, 3.63) is 48.1 Å². The molecule has 3 N–H and O–H groups in total. The van der Waals surface area contributed by atoms with E-state index < -0.39 is 29.8 Å². The summed E-state index contributed by atoms with van der Waals surface area (Å²) in [5, 5.41) is 15.3. The minimum Gasteiger partial charge on any atom is -0.386 e. The molecule has 0 aromatic heterocycles. The summed E-state index contributed by atoms with van der Waals surface area (Å²) in [7, 11) is 0. The molecule has 22 heavy (non-hydrogen) atoms. The molecule has 2 atom stereocenters. The van der Waals surface area contributed by atoms with Crippen LogP contribution >= 0.6 is 11.8 Å². The van der Waals surface area contributed by atoms with Gasteiger partial charge in [0.1, 0.15) is 0 Å². The first kappa shape index (κ1) is 18.4. The molecular formula is C15H20F2N2O2S. The van der Waals surface area contributed by atoms with E-state index in [2.05, 4.69) is 17.2 Å². The largest absolute Gasteiger partial charge is 0.386 e. The number of nitrogens with one attached hydrogen (secondary N) is 2. The number of carbonyl (C=O) groups excluding carboxylic acids is 1. The van der Waals surface area contributed by atoms with Crippen molar-refractivity contribution in [2.75, 3.05) is 18.1 Å². The van der Waals surface area contributed by atoms with Gasteiger partial charge in [0, 0.05) is 18.1 Å². The number of amides is 2. The van der Waals surface area contributed by atoms with Crippen LogP contribution in [0.25, 0.3) is 0 Å². The molecule has 2 amide bonds. The molecule has 0 aliphatic heterocycles. The van der Waals surface area contributed by atoms with E-state index in [0.29, 0.717) is 6.54 Å². The Bertz CT molecular complexity index is 514. The third kappa shape index (κ3) is 6.03. The zero-order valence-electron chi connectivity index (χ0n) is 12.3. The Kier molecular flexibility index (Phi) is 7.90. The van der Waals surface area contributed by atoms with Crippen LogP contribution in [0.2, 0.25) is 0 Å². The van der Waals surface area contributed by atoms with Crippen LogP contribution < -0.4 is 10.6 Å². The van der Waals surface area contributed by atoms with Gasteiger partial charge in [-0.2, -0.15) is 11.8 Å². The average molecular weight is 330 g/mol. The maximum Gasteiger partial charge on any atom is 0.315 e. The third-order valence-corrected chi connectivity index (χ3v) is 3.85. The maximum absolute atomic E-state index is 13.1. The van der Waals surface area contributed by atoms with Crippen molar-refractivity contribution in [3.8, 4) is 0 Å². The summed E-state index contributed by atoms with van der Waals surface area (Å²) < 4.78 is 26.0. The molecule has 0 spiro atoms. The lowest BCUT2D eigenvalue weighted by Gasteiger charge is -2.21. The third-order valence-electron chi connectivity index (χ3n) is 2.89. The number of benzene rings is 1. The lowest BCUT2D eigenvalue weighted by Crippen LogP contribution is -2.44. The Morgan fingerprint density at radius 3 is 2.82 bits per heavy atom. The number of thioether (sulfide) groups is 1. The normalized spacial score (nSPS) is 13.3. The SMILES string of the molecule is C=CCSCCNC(=O)NC(C)C(O)c1ccc(F)c(F)c1. The highest BCUT2D eigenvalue weighted by molar-refractivity contribution is 7.99. The summed E-state index contributed by atoms with van der Waals surface area (Å²) in [6.07, 6.45) is 0.654. The van der Waals surface area contributed by atoms with Crippen LogP contribution in [-0.2, 0) is 0 Å². The molecule has 7 heteroatoms. The summed E-state index contributed by atoms with van der Waals surface area (Å²) in [6.45, 7) is 5.66. The van der Waals surface area contributed by atoms with Gasteiger partial charge in [0.15, 0.2) is 11.6 Å². The fourth-order valence-electron chi connectivity index (χ4n) is 1.73. The predicted octanol–water partition coefficient (Wildman–Crippen LogP) is 2.61. The molecule has 0 radical (unpaired) electrons. The molecule has 1 aromatic carbocycles. The van der Waals surface area contributed by atoms with Crippen LogP contribution in [0.4, 0.5) is 13.6 Å². The highest BCUT2D eigenvalue weighted by Crippen LogP contribution is 2.19. The van der Waals surface area contributed by atoms with Crippen LogP contribution in [-0.4, -0.2) is 35.2 Å². The van der Waals surface area contributed by atoms with Crippen molar-refractivity contribution in [2.45, 2.75) is 19.1 Å². The smallest absolute Gasteiger partial charge is 0.315 e. The van der Waals surface area contributed by atoms with E-state index >= 15 is 0 Å². The zero-order chi connectivity index (χ0) is 16.5. The van der Waals surface area contributed by atoms with E-state index in [1.165, 1.54) is 6.07 Å². The number of rotatable bonds is 8. The van der Waals surface area contributed by atoms with Crippen LogP contribution in [0.15, 0.2) is 30.9 Å². The highest BCUT2D eigenvalue weighted by atomic mass is 32.2. The average Bonchev–Trinajstić information content (AvgIpc) is 2.49. The molecular weight excluding hydrogens is 310 g/mol. The van der Waals surface area contributed by atoms with E-state index in [-0.39, 0.29) is 5.56 Å². The molecule has 0 fully saturated rings. The molecule has 2 unspecified atom stereocenters. The molecule has 4 nitrogen and oxygen atoms in total. The van der Waals surface area contributed by atoms with Gasteiger partial charge in [0.25, 0.3) is 0 Å². The van der Waals surface area contributed by atoms with Crippen LogP contribution in [0.3, 0.4) is 0 Å².